The van der Waals surface area contributed by atoms with E-state index in [2.05, 4.69) is 10.6 Å². The number of nitrogens with one attached hydrogen (secondary N) is 2. The van der Waals surface area contributed by atoms with Gasteiger partial charge in [0.1, 0.15) is 5.82 Å². The first kappa shape index (κ1) is 22.5. The minimum Gasteiger partial charge on any atom is -0.463 e. The highest BCUT2D eigenvalue weighted by Gasteiger charge is 2.35. The molecule has 0 unspecified atom stereocenters. The molecule has 0 saturated carbocycles. The van der Waals surface area contributed by atoms with Gasteiger partial charge in [-0.05, 0) is 31.5 Å². The smallest absolute Gasteiger partial charge is 0.409 e. The van der Waals surface area contributed by atoms with Crippen LogP contribution >= 0.6 is 0 Å². The molecule has 31 heavy (non-hydrogen) atoms. The maximum Gasteiger partial charge on any atom is 0.409 e. The van der Waals surface area contributed by atoms with Crippen LogP contribution in [-0.2, 0) is 14.3 Å². The van der Waals surface area contributed by atoms with Gasteiger partial charge in [-0.25, -0.2) is 18.8 Å². The predicted octanol–water partition coefficient (Wildman–Crippen LogP) is 1.77. The van der Waals surface area contributed by atoms with Crippen LogP contribution in [0.1, 0.15) is 25.5 Å². The van der Waals surface area contributed by atoms with Crippen LogP contribution in [0.5, 0.6) is 0 Å². The average molecular weight is 434 g/mol. The molecule has 0 aliphatic carbocycles. The number of amides is 3. The van der Waals surface area contributed by atoms with Gasteiger partial charge < -0.3 is 25.0 Å². The van der Waals surface area contributed by atoms with E-state index in [4.69, 9.17) is 9.47 Å². The molecule has 10 heteroatoms. The minimum absolute atomic E-state index is 0.178. The minimum atomic E-state index is -0.760. The number of nitrogens with zero attached hydrogens (tertiary/aromatic N) is 2. The summed E-state index contributed by atoms with van der Waals surface area (Å²) >= 11 is 0. The number of rotatable bonds is 6. The van der Waals surface area contributed by atoms with Gasteiger partial charge in [0.05, 0.1) is 24.8 Å². The molecule has 2 heterocycles. The zero-order valence-corrected chi connectivity index (χ0v) is 17.7. The number of carbonyl (C=O) groups excluding carboxylic acids is 3. The first-order valence-corrected chi connectivity index (χ1v) is 10.3. The fraction of sp³-hybridized carbons (Fsp3) is 0.476. The number of halogens is 1. The van der Waals surface area contributed by atoms with Gasteiger partial charge in [-0.1, -0.05) is 12.1 Å². The molecule has 0 aromatic heterocycles. The lowest BCUT2D eigenvalue weighted by atomic mass is 9.95. The van der Waals surface area contributed by atoms with Crippen molar-refractivity contribution in [2.24, 2.45) is 0 Å². The summed E-state index contributed by atoms with van der Waals surface area (Å²) in [7, 11) is 0. The Morgan fingerprint density at radius 3 is 2.32 bits per heavy atom. The summed E-state index contributed by atoms with van der Waals surface area (Å²) < 4.78 is 23.7. The summed E-state index contributed by atoms with van der Waals surface area (Å²) in [6.07, 6.45) is -0.347. The lowest BCUT2D eigenvalue weighted by Gasteiger charge is -2.36. The Labute approximate surface area is 180 Å². The SMILES string of the molecule is CCOC(=O)C1=C(CN2CCN(C(=O)OCC)CC2)NC(=O)N[C@H]1c1ccc(F)cc1. The van der Waals surface area contributed by atoms with Gasteiger partial charge in [-0.3, -0.25) is 4.90 Å². The van der Waals surface area contributed by atoms with Gasteiger partial charge in [-0.15, -0.1) is 0 Å². The number of carbonyl (C=O) groups is 3. The van der Waals surface area contributed by atoms with E-state index in [1.54, 1.807) is 18.7 Å². The zero-order chi connectivity index (χ0) is 22.4. The van der Waals surface area contributed by atoms with E-state index >= 15 is 0 Å². The summed E-state index contributed by atoms with van der Waals surface area (Å²) in [6, 6.07) is 4.40. The maximum absolute atomic E-state index is 13.4. The Morgan fingerprint density at radius 1 is 1.06 bits per heavy atom. The standard InChI is InChI=1S/C21H27FN4O5/c1-3-30-19(27)17-16(13-25-9-11-26(12-10-25)21(29)31-4-2)23-20(28)24-18(17)14-5-7-15(22)8-6-14/h5-8,18H,3-4,9-13H2,1-2H3,(H2,23,24,28)/t18-/m0/s1. The van der Waals surface area contributed by atoms with Crippen molar-refractivity contribution in [3.05, 3.63) is 46.9 Å². The van der Waals surface area contributed by atoms with E-state index < -0.39 is 23.9 Å². The summed E-state index contributed by atoms with van der Waals surface area (Å²) in [5.41, 5.74) is 1.28. The van der Waals surface area contributed by atoms with Crippen molar-refractivity contribution in [2.45, 2.75) is 19.9 Å². The summed E-state index contributed by atoms with van der Waals surface area (Å²) in [6.45, 7) is 6.34. The quantitative estimate of drug-likeness (QED) is 0.662. The first-order chi connectivity index (χ1) is 14.9. The van der Waals surface area contributed by atoms with Crippen molar-refractivity contribution in [3.63, 3.8) is 0 Å². The van der Waals surface area contributed by atoms with Crippen molar-refractivity contribution >= 4 is 18.1 Å². The summed E-state index contributed by atoms with van der Waals surface area (Å²) in [5.74, 6) is -0.963. The fourth-order valence-electron chi connectivity index (χ4n) is 3.62. The van der Waals surface area contributed by atoms with E-state index in [9.17, 15) is 18.8 Å². The van der Waals surface area contributed by atoms with Crippen molar-refractivity contribution in [3.8, 4) is 0 Å². The molecule has 0 bridgehead atoms. The van der Waals surface area contributed by atoms with Gasteiger partial charge in [0.15, 0.2) is 0 Å². The monoisotopic (exact) mass is 434 g/mol. The Kier molecular flexibility index (Phi) is 7.45. The molecule has 2 aliphatic heterocycles. The highest BCUT2D eigenvalue weighted by molar-refractivity contribution is 5.95. The maximum atomic E-state index is 13.4. The Bertz CT molecular complexity index is 850. The number of urea groups is 1. The van der Waals surface area contributed by atoms with Crippen molar-refractivity contribution in [2.75, 3.05) is 45.9 Å². The van der Waals surface area contributed by atoms with E-state index in [-0.39, 0.29) is 18.3 Å². The third-order valence-electron chi connectivity index (χ3n) is 5.13. The molecule has 1 aromatic rings. The van der Waals surface area contributed by atoms with Gasteiger partial charge in [0, 0.05) is 38.4 Å². The van der Waals surface area contributed by atoms with Crippen LogP contribution < -0.4 is 10.6 Å². The average Bonchev–Trinajstić information content (AvgIpc) is 2.74. The second-order valence-corrected chi connectivity index (χ2v) is 7.16. The topological polar surface area (TPSA) is 100 Å². The molecule has 1 saturated heterocycles. The number of benzene rings is 1. The third-order valence-corrected chi connectivity index (χ3v) is 5.13. The predicted molar refractivity (Wildman–Crippen MR) is 110 cm³/mol. The first-order valence-electron chi connectivity index (χ1n) is 10.3. The van der Waals surface area contributed by atoms with Gasteiger partial charge >= 0.3 is 18.1 Å². The Morgan fingerprint density at radius 2 is 1.71 bits per heavy atom. The Balaban J connectivity index is 1.82. The van der Waals surface area contributed by atoms with Crippen LogP contribution in [0, 0.1) is 5.82 Å². The van der Waals surface area contributed by atoms with Crippen LogP contribution in [0.3, 0.4) is 0 Å². The third kappa shape index (κ3) is 5.52. The second kappa shape index (κ2) is 10.3. The molecule has 2 aliphatic rings. The van der Waals surface area contributed by atoms with E-state index in [1.165, 1.54) is 24.3 Å². The van der Waals surface area contributed by atoms with Gasteiger partial charge in [-0.2, -0.15) is 0 Å². The molecule has 3 rings (SSSR count). The molecular weight excluding hydrogens is 407 g/mol. The number of piperazine rings is 1. The summed E-state index contributed by atoms with van der Waals surface area (Å²) in [4.78, 5) is 40.7. The van der Waals surface area contributed by atoms with Crippen LogP contribution in [0.25, 0.3) is 0 Å². The van der Waals surface area contributed by atoms with Crippen LogP contribution in [0.2, 0.25) is 0 Å². The van der Waals surface area contributed by atoms with E-state index in [0.717, 1.165) is 0 Å². The molecular formula is C21H27FN4O5. The molecule has 2 N–H and O–H groups in total. The Hall–Kier alpha value is -3.14. The van der Waals surface area contributed by atoms with E-state index in [1.807, 2.05) is 4.90 Å². The van der Waals surface area contributed by atoms with Crippen molar-refractivity contribution < 1.29 is 28.2 Å². The lowest BCUT2D eigenvalue weighted by Crippen LogP contribution is -2.52. The summed E-state index contributed by atoms with van der Waals surface area (Å²) in [5, 5.41) is 5.45. The number of hydrogen-bond donors (Lipinski definition) is 2. The number of esters is 1. The highest BCUT2D eigenvalue weighted by atomic mass is 19.1. The van der Waals surface area contributed by atoms with Crippen LogP contribution in [0.4, 0.5) is 14.0 Å². The van der Waals surface area contributed by atoms with Crippen LogP contribution in [-0.4, -0.2) is 73.8 Å². The van der Waals surface area contributed by atoms with Crippen molar-refractivity contribution in [1.29, 1.82) is 0 Å². The largest absolute Gasteiger partial charge is 0.463 e. The van der Waals surface area contributed by atoms with Gasteiger partial charge in [0.25, 0.3) is 0 Å². The zero-order valence-electron chi connectivity index (χ0n) is 17.7. The normalized spacial score (nSPS) is 19.5. The molecule has 3 amide bonds. The molecule has 0 spiro atoms. The lowest BCUT2D eigenvalue weighted by molar-refractivity contribution is -0.139. The molecule has 9 nitrogen and oxygen atoms in total. The number of ether oxygens (including phenoxy) is 2. The molecule has 168 valence electrons. The van der Waals surface area contributed by atoms with Gasteiger partial charge in [0.2, 0.25) is 0 Å². The molecule has 0 radical (unpaired) electrons. The fourth-order valence-corrected chi connectivity index (χ4v) is 3.62. The van der Waals surface area contributed by atoms with Crippen LogP contribution in [0.15, 0.2) is 35.5 Å². The van der Waals surface area contributed by atoms with Crippen molar-refractivity contribution in [1.82, 2.24) is 20.4 Å². The second-order valence-electron chi connectivity index (χ2n) is 7.16. The molecule has 1 atom stereocenters. The molecule has 1 fully saturated rings. The molecule has 1 aromatic carbocycles. The van der Waals surface area contributed by atoms with E-state index in [0.29, 0.717) is 50.6 Å². The highest BCUT2D eigenvalue weighted by Crippen LogP contribution is 2.28. The number of hydrogen-bond acceptors (Lipinski definition) is 6.